The first-order chi connectivity index (χ1) is 9.72. The normalized spacial score (nSPS) is 18.3. The molecule has 1 aromatic carbocycles. The lowest BCUT2D eigenvalue weighted by Gasteiger charge is -2.11. The fourth-order valence-corrected chi connectivity index (χ4v) is 2.25. The van der Waals surface area contributed by atoms with Crippen LogP contribution in [-0.2, 0) is 0 Å². The molecule has 1 aromatic heterocycles. The highest BCUT2D eigenvalue weighted by Crippen LogP contribution is 2.20. The first-order valence-corrected chi connectivity index (χ1v) is 6.50. The van der Waals surface area contributed by atoms with E-state index >= 15 is 0 Å². The van der Waals surface area contributed by atoms with E-state index in [9.17, 15) is 10.1 Å². The van der Waals surface area contributed by atoms with Crippen molar-refractivity contribution < 1.29 is 9.66 Å². The van der Waals surface area contributed by atoms with Gasteiger partial charge in [-0.1, -0.05) is 0 Å². The molecule has 0 aliphatic carbocycles. The number of hydrogen-bond acceptors (Lipinski definition) is 6. The van der Waals surface area contributed by atoms with E-state index in [0.717, 1.165) is 13.0 Å². The van der Waals surface area contributed by atoms with Gasteiger partial charge < -0.3 is 10.1 Å². The number of nitro benzene ring substituents is 1. The van der Waals surface area contributed by atoms with Gasteiger partial charge in [0.05, 0.1) is 22.2 Å². The minimum absolute atomic E-state index is 0.00984. The Morgan fingerprint density at radius 2 is 2.35 bits per heavy atom. The summed E-state index contributed by atoms with van der Waals surface area (Å²) in [7, 11) is 0. The Bertz CT molecular complexity index is 641. The van der Waals surface area contributed by atoms with E-state index in [0.29, 0.717) is 29.6 Å². The van der Waals surface area contributed by atoms with Gasteiger partial charge in [-0.3, -0.25) is 10.1 Å². The Balaban J connectivity index is 1.76. The van der Waals surface area contributed by atoms with Gasteiger partial charge in [-0.15, -0.1) is 0 Å². The van der Waals surface area contributed by atoms with E-state index in [4.69, 9.17) is 4.74 Å². The summed E-state index contributed by atoms with van der Waals surface area (Å²) in [5.41, 5.74) is 1.09. The van der Waals surface area contributed by atoms with Gasteiger partial charge in [-0.25, -0.2) is 9.97 Å². The minimum Gasteiger partial charge on any atom is -0.475 e. The Kier molecular flexibility index (Phi) is 3.42. The molecular formula is C13H14N4O3. The number of hydrogen-bond donors (Lipinski definition) is 1. The second kappa shape index (κ2) is 5.38. The van der Waals surface area contributed by atoms with Crippen molar-refractivity contribution in [3.63, 3.8) is 0 Å². The lowest BCUT2D eigenvalue weighted by molar-refractivity contribution is -0.384. The molecule has 2 heterocycles. The van der Waals surface area contributed by atoms with E-state index in [-0.39, 0.29) is 5.69 Å². The Morgan fingerprint density at radius 3 is 3.10 bits per heavy atom. The van der Waals surface area contributed by atoms with Crippen molar-refractivity contribution in [1.29, 1.82) is 0 Å². The molecule has 1 fully saturated rings. The molecule has 104 valence electrons. The molecule has 0 saturated carbocycles. The summed E-state index contributed by atoms with van der Waals surface area (Å²) in [4.78, 5) is 18.7. The van der Waals surface area contributed by atoms with E-state index in [1.54, 1.807) is 6.07 Å². The maximum Gasteiger partial charge on any atom is 0.271 e. The summed E-state index contributed by atoms with van der Waals surface area (Å²) < 4.78 is 5.61. The quantitative estimate of drug-likeness (QED) is 0.673. The van der Waals surface area contributed by atoms with Crippen LogP contribution in [0.5, 0.6) is 5.88 Å². The maximum atomic E-state index is 10.7. The third-order valence-electron chi connectivity index (χ3n) is 3.31. The van der Waals surface area contributed by atoms with Crippen LogP contribution in [0.15, 0.2) is 24.4 Å². The van der Waals surface area contributed by atoms with Crippen LogP contribution in [0.3, 0.4) is 0 Å². The van der Waals surface area contributed by atoms with Crippen LogP contribution >= 0.6 is 0 Å². The van der Waals surface area contributed by atoms with Crippen molar-refractivity contribution in [3.05, 3.63) is 34.5 Å². The molecule has 0 amide bonds. The van der Waals surface area contributed by atoms with Gasteiger partial charge in [-0.2, -0.15) is 0 Å². The van der Waals surface area contributed by atoms with Crippen molar-refractivity contribution in [2.24, 2.45) is 0 Å². The topological polar surface area (TPSA) is 90.2 Å². The summed E-state index contributed by atoms with van der Waals surface area (Å²) >= 11 is 0. The zero-order chi connectivity index (χ0) is 13.9. The fraction of sp³-hybridized carbons (Fsp3) is 0.385. The molecule has 7 heteroatoms. The van der Waals surface area contributed by atoms with Crippen LogP contribution in [0.2, 0.25) is 0 Å². The number of nitro groups is 1. The van der Waals surface area contributed by atoms with Gasteiger partial charge in [0.25, 0.3) is 5.69 Å². The van der Waals surface area contributed by atoms with Crippen molar-refractivity contribution in [2.45, 2.75) is 18.9 Å². The summed E-state index contributed by atoms with van der Waals surface area (Å²) in [5.74, 6) is 0.444. The van der Waals surface area contributed by atoms with Crippen LogP contribution < -0.4 is 10.1 Å². The number of nitrogens with zero attached hydrogens (tertiary/aromatic N) is 3. The fourth-order valence-electron chi connectivity index (χ4n) is 2.25. The van der Waals surface area contributed by atoms with Gasteiger partial charge >= 0.3 is 0 Å². The van der Waals surface area contributed by atoms with E-state index in [1.807, 2.05) is 0 Å². The van der Waals surface area contributed by atoms with E-state index < -0.39 is 4.92 Å². The highest BCUT2D eigenvalue weighted by atomic mass is 16.6. The molecule has 0 spiro atoms. The van der Waals surface area contributed by atoms with Gasteiger partial charge in [0, 0.05) is 18.2 Å². The second-order valence-electron chi connectivity index (χ2n) is 4.74. The Morgan fingerprint density at radius 1 is 1.45 bits per heavy atom. The molecule has 1 aliphatic heterocycles. The number of fused-ring (bicyclic) bond motifs is 1. The van der Waals surface area contributed by atoms with Gasteiger partial charge in [0.1, 0.15) is 6.61 Å². The first-order valence-electron chi connectivity index (χ1n) is 6.50. The smallest absolute Gasteiger partial charge is 0.271 e. The highest BCUT2D eigenvalue weighted by Gasteiger charge is 2.15. The third kappa shape index (κ3) is 2.67. The molecule has 1 aliphatic rings. The average Bonchev–Trinajstić information content (AvgIpc) is 2.97. The standard InChI is InChI=1S/C13H14N4O3/c18-17(19)10-3-4-11-12(6-10)15-7-13(16-11)20-8-9-2-1-5-14-9/h3-4,6-7,9,14H,1-2,5,8H2. The number of non-ortho nitro benzene ring substituents is 1. The lowest BCUT2D eigenvalue weighted by Crippen LogP contribution is -2.28. The van der Waals surface area contributed by atoms with E-state index in [2.05, 4.69) is 15.3 Å². The zero-order valence-corrected chi connectivity index (χ0v) is 10.8. The second-order valence-corrected chi connectivity index (χ2v) is 4.74. The summed E-state index contributed by atoms with van der Waals surface area (Å²) in [6.07, 6.45) is 3.77. The van der Waals surface area contributed by atoms with Crippen LogP contribution in [0.4, 0.5) is 5.69 Å². The predicted octanol–water partition coefficient (Wildman–Crippen LogP) is 1.67. The minimum atomic E-state index is -0.447. The number of ether oxygens (including phenoxy) is 1. The van der Waals surface area contributed by atoms with Crippen LogP contribution in [0.1, 0.15) is 12.8 Å². The maximum absolute atomic E-state index is 10.7. The van der Waals surface area contributed by atoms with Crippen LogP contribution in [-0.4, -0.2) is 34.1 Å². The Hall–Kier alpha value is -2.28. The third-order valence-corrected chi connectivity index (χ3v) is 3.31. The molecule has 2 aromatic rings. The van der Waals surface area contributed by atoms with Gasteiger partial charge in [0.2, 0.25) is 5.88 Å². The largest absolute Gasteiger partial charge is 0.475 e. The molecule has 1 saturated heterocycles. The van der Waals surface area contributed by atoms with Crippen molar-refractivity contribution in [2.75, 3.05) is 13.2 Å². The number of benzene rings is 1. The molecule has 1 N–H and O–H groups in total. The van der Waals surface area contributed by atoms with Crippen LogP contribution in [0.25, 0.3) is 11.0 Å². The van der Waals surface area contributed by atoms with Crippen molar-refractivity contribution in [3.8, 4) is 5.88 Å². The summed E-state index contributed by atoms with van der Waals surface area (Å²) in [6.45, 7) is 1.59. The SMILES string of the molecule is O=[N+]([O-])c1ccc2nc(OCC3CCCN3)cnc2c1. The highest BCUT2D eigenvalue weighted by molar-refractivity contribution is 5.77. The molecule has 1 unspecified atom stereocenters. The monoisotopic (exact) mass is 274 g/mol. The molecule has 0 bridgehead atoms. The number of nitrogens with one attached hydrogen (secondary N) is 1. The molecule has 0 radical (unpaired) electrons. The van der Waals surface area contributed by atoms with E-state index in [1.165, 1.54) is 24.8 Å². The average molecular weight is 274 g/mol. The molecule has 3 rings (SSSR count). The van der Waals surface area contributed by atoms with Crippen LogP contribution in [0, 0.1) is 10.1 Å². The lowest BCUT2D eigenvalue weighted by atomic mass is 10.2. The molecule has 20 heavy (non-hydrogen) atoms. The summed E-state index contributed by atoms with van der Waals surface area (Å²) in [5, 5.41) is 14.0. The molecular weight excluding hydrogens is 260 g/mol. The molecule has 1 atom stereocenters. The Labute approximate surface area is 115 Å². The first kappa shape index (κ1) is 12.7. The zero-order valence-electron chi connectivity index (χ0n) is 10.8. The summed E-state index contributed by atoms with van der Waals surface area (Å²) in [6, 6.07) is 4.77. The molecule has 7 nitrogen and oxygen atoms in total. The van der Waals surface area contributed by atoms with Gasteiger partial charge in [-0.05, 0) is 25.5 Å². The van der Waals surface area contributed by atoms with Gasteiger partial charge in [0.15, 0.2) is 0 Å². The predicted molar refractivity (Wildman–Crippen MR) is 72.7 cm³/mol. The van der Waals surface area contributed by atoms with Crippen molar-refractivity contribution >= 4 is 16.7 Å². The number of aromatic nitrogens is 2. The number of rotatable bonds is 4. The van der Waals surface area contributed by atoms with Crippen molar-refractivity contribution in [1.82, 2.24) is 15.3 Å².